The highest BCUT2D eigenvalue weighted by atomic mass is 32.2. The molecule has 2 fully saturated rings. The molecule has 0 spiro atoms. The van der Waals surface area contributed by atoms with E-state index in [1.165, 1.54) is 11.3 Å². The van der Waals surface area contributed by atoms with E-state index >= 15 is 0 Å². The molecular formula is C18H29N3O3S2. The fraction of sp³-hybridized carbons (Fsp3) is 0.722. The van der Waals surface area contributed by atoms with E-state index in [1.807, 2.05) is 4.90 Å². The summed E-state index contributed by atoms with van der Waals surface area (Å²) in [5, 5.41) is 0. The first-order valence-corrected chi connectivity index (χ1v) is 11.9. The summed E-state index contributed by atoms with van der Waals surface area (Å²) < 4.78 is 27.4. The van der Waals surface area contributed by atoms with E-state index in [2.05, 4.69) is 11.8 Å². The smallest absolute Gasteiger partial charge is 0.252 e. The number of carbonyl (C=O) groups excluding carboxylic acids is 1. The lowest BCUT2D eigenvalue weighted by atomic mass is 10.2. The van der Waals surface area contributed by atoms with E-state index in [-0.39, 0.29) is 5.91 Å². The van der Waals surface area contributed by atoms with Crippen molar-refractivity contribution in [2.45, 2.75) is 43.2 Å². The van der Waals surface area contributed by atoms with Crippen LogP contribution in [0.4, 0.5) is 0 Å². The van der Waals surface area contributed by atoms with Crippen LogP contribution in [-0.4, -0.2) is 74.2 Å². The van der Waals surface area contributed by atoms with Crippen LogP contribution in [0.25, 0.3) is 0 Å². The third-order valence-electron chi connectivity index (χ3n) is 5.14. The van der Waals surface area contributed by atoms with Crippen LogP contribution in [0.3, 0.4) is 0 Å². The Labute approximate surface area is 160 Å². The van der Waals surface area contributed by atoms with Gasteiger partial charge in [0.1, 0.15) is 4.21 Å². The zero-order chi connectivity index (χ0) is 18.6. The molecule has 1 aromatic heterocycles. The highest BCUT2D eigenvalue weighted by Crippen LogP contribution is 2.27. The monoisotopic (exact) mass is 399 g/mol. The molecule has 1 aromatic rings. The molecule has 2 saturated heterocycles. The summed E-state index contributed by atoms with van der Waals surface area (Å²) in [5.74, 6) is 0.102. The minimum Gasteiger partial charge on any atom is -0.340 e. The number of piperazine rings is 1. The van der Waals surface area contributed by atoms with Gasteiger partial charge in [0.15, 0.2) is 0 Å². The Morgan fingerprint density at radius 3 is 2.38 bits per heavy atom. The van der Waals surface area contributed by atoms with Gasteiger partial charge >= 0.3 is 0 Å². The van der Waals surface area contributed by atoms with Crippen molar-refractivity contribution in [1.82, 2.24) is 14.1 Å². The molecule has 2 aliphatic rings. The molecule has 0 atom stereocenters. The Morgan fingerprint density at radius 1 is 1.04 bits per heavy atom. The van der Waals surface area contributed by atoms with Gasteiger partial charge in [0.2, 0.25) is 5.91 Å². The molecule has 3 heterocycles. The van der Waals surface area contributed by atoms with Crippen molar-refractivity contribution < 1.29 is 13.2 Å². The molecule has 146 valence electrons. The fourth-order valence-corrected chi connectivity index (χ4v) is 6.64. The first-order chi connectivity index (χ1) is 12.5. The summed E-state index contributed by atoms with van der Waals surface area (Å²) >= 11 is 1.25. The van der Waals surface area contributed by atoms with Crippen LogP contribution in [0, 0.1) is 0 Å². The second-order valence-corrected chi connectivity index (χ2v) is 10.4. The predicted octanol–water partition coefficient (Wildman–Crippen LogP) is 2.02. The predicted molar refractivity (Wildman–Crippen MR) is 104 cm³/mol. The highest BCUT2D eigenvalue weighted by Gasteiger charge is 2.28. The minimum absolute atomic E-state index is 0.102. The number of amides is 1. The molecule has 2 aliphatic heterocycles. The van der Waals surface area contributed by atoms with Crippen LogP contribution in [0.2, 0.25) is 0 Å². The quantitative estimate of drug-likeness (QED) is 0.734. The third-order valence-corrected chi connectivity index (χ3v) is 8.59. The second kappa shape index (κ2) is 8.82. The average Bonchev–Trinajstić information content (AvgIpc) is 3.12. The summed E-state index contributed by atoms with van der Waals surface area (Å²) in [7, 11) is -3.40. The Kier molecular flexibility index (Phi) is 6.71. The van der Waals surface area contributed by atoms with Gasteiger partial charge in [0.05, 0.1) is 6.42 Å². The summed E-state index contributed by atoms with van der Waals surface area (Å²) in [6.45, 7) is 7.87. The highest BCUT2D eigenvalue weighted by molar-refractivity contribution is 7.91. The van der Waals surface area contributed by atoms with E-state index in [0.717, 1.165) is 63.3 Å². The number of piperidine rings is 1. The largest absolute Gasteiger partial charge is 0.340 e. The molecule has 26 heavy (non-hydrogen) atoms. The van der Waals surface area contributed by atoms with Crippen molar-refractivity contribution in [3.8, 4) is 0 Å². The van der Waals surface area contributed by atoms with Crippen LogP contribution in [0.5, 0.6) is 0 Å². The fourth-order valence-electron chi connectivity index (χ4n) is 3.62. The average molecular weight is 400 g/mol. The number of carbonyl (C=O) groups is 1. The topological polar surface area (TPSA) is 60.9 Å². The van der Waals surface area contributed by atoms with Crippen LogP contribution in [0.1, 0.15) is 37.5 Å². The normalized spacial score (nSPS) is 20.4. The van der Waals surface area contributed by atoms with Gasteiger partial charge in [-0.2, -0.15) is 4.31 Å². The molecule has 0 aromatic carbocycles. The molecule has 0 radical (unpaired) electrons. The zero-order valence-electron chi connectivity index (χ0n) is 15.5. The molecule has 0 N–H and O–H groups in total. The van der Waals surface area contributed by atoms with Gasteiger partial charge in [-0.3, -0.25) is 9.69 Å². The molecular weight excluding hydrogens is 370 g/mol. The number of rotatable bonds is 6. The van der Waals surface area contributed by atoms with E-state index in [9.17, 15) is 13.2 Å². The van der Waals surface area contributed by atoms with E-state index in [0.29, 0.717) is 23.7 Å². The summed E-state index contributed by atoms with van der Waals surface area (Å²) in [6.07, 6.45) is 4.40. The minimum atomic E-state index is -3.40. The summed E-state index contributed by atoms with van der Waals surface area (Å²) in [5.41, 5.74) is 0. The first-order valence-electron chi connectivity index (χ1n) is 9.59. The number of nitrogens with zero attached hydrogens (tertiary/aromatic N) is 3. The lowest BCUT2D eigenvalue weighted by Crippen LogP contribution is -2.49. The van der Waals surface area contributed by atoms with Crippen molar-refractivity contribution in [3.63, 3.8) is 0 Å². The zero-order valence-corrected chi connectivity index (χ0v) is 17.2. The maximum Gasteiger partial charge on any atom is 0.252 e. The second-order valence-electron chi connectivity index (χ2n) is 7.08. The summed E-state index contributed by atoms with van der Waals surface area (Å²) in [4.78, 5) is 17.7. The molecule has 8 heteroatoms. The molecule has 0 saturated carbocycles. The Hall–Kier alpha value is -0.960. The maximum atomic E-state index is 12.7. The molecule has 3 rings (SSSR count). The number of hydrogen-bond acceptors (Lipinski definition) is 5. The van der Waals surface area contributed by atoms with Gasteiger partial charge in [0.25, 0.3) is 10.0 Å². The third kappa shape index (κ3) is 4.65. The van der Waals surface area contributed by atoms with Gasteiger partial charge in [-0.05, 0) is 37.9 Å². The van der Waals surface area contributed by atoms with E-state index < -0.39 is 10.0 Å². The number of sulfonamides is 1. The van der Waals surface area contributed by atoms with Crippen molar-refractivity contribution in [3.05, 3.63) is 17.0 Å². The molecule has 0 unspecified atom stereocenters. The molecule has 6 nitrogen and oxygen atoms in total. The SMILES string of the molecule is CCCN1CCN(C(=O)Cc2ccc(S(=O)(=O)N3CCCCC3)s2)CC1. The lowest BCUT2D eigenvalue weighted by Gasteiger charge is -2.34. The summed E-state index contributed by atoms with van der Waals surface area (Å²) in [6, 6.07) is 3.46. The van der Waals surface area contributed by atoms with Crippen LogP contribution in [-0.2, 0) is 21.2 Å². The van der Waals surface area contributed by atoms with Crippen molar-refractivity contribution in [2.75, 3.05) is 45.8 Å². The molecule has 1 amide bonds. The van der Waals surface area contributed by atoms with Crippen LogP contribution in [0.15, 0.2) is 16.3 Å². The van der Waals surface area contributed by atoms with E-state index in [4.69, 9.17) is 0 Å². The van der Waals surface area contributed by atoms with E-state index in [1.54, 1.807) is 16.4 Å². The van der Waals surface area contributed by atoms with Gasteiger partial charge in [-0.1, -0.05) is 13.3 Å². The first kappa shape index (κ1) is 19.8. The Bertz CT molecular complexity index is 703. The van der Waals surface area contributed by atoms with Gasteiger partial charge < -0.3 is 4.90 Å². The lowest BCUT2D eigenvalue weighted by molar-refractivity contribution is -0.132. The number of hydrogen-bond donors (Lipinski definition) is 0. The van der Waals surface area contributed by atoms with Crippen LogP contribution >= 0.6 is 11.3 Å². The van der Waals surface area contributed by atoms with Crippen molar-refractivity contribution in [1.29, 1.82) is 0 Å². The molecule has 0 aliphatic carbocycles. The number of thiophene rings is 1. The van der Waals surface area contributed by atoms with Gasteiger partial charge in [0, 0.05) is 44.1 Å². The Balaban J connectivity index is 1.57. The maximum absolute atomic E-state index is 12.7. The Morgan fingerprint density at radius 2 is 1.73 bits per heavy atom. The molecule has 0 bridgehead atoms. The standard InChI is InChI=1S/C18H29N3O3S2/c1-2-8-19-11-13-20(14-12-19)17(22)15-16-6-7-18(25-16)26(23,24)21-9-4-3-5-10-21/h6-7H,2-5,8-15H2,1H3. The van der Waals surface area contributed by atoms with Gasteiger partial charge in [-0.25, -0.2) is 8.42 Å². The van der Waals surface area contributed by atoms with Crippen LogP contribution < -0.4 is 0 Å². The van der Waals surface area contributed by atoms with Crippen molar-refractivity contribution >= 4 is 27.3 Å². The van der Waals surface area contributed by atoms with Gasteiger partial charge in [-0.15, -0.1) is 11.3 Å². The van der Waals surface area contributed by atoms with Crippen molar-refractivity contribution in [2.24, 2.45) is 0 Å².